The Morgan fingerprint density at radius 1 is 1.12 bits per heavy atom. The lowest BCUT2D eigenvalue weighted by Crippen LogP contribution is -2.41. The van der Waals surface area contributed by atoms with E-state index < -0.39 is 17.9 Å². The third-order valence-corrected chi connectivity index (χ3v) is 3.40. The van der Waals surface area contributed by atoms with Crippen LogP contribution in [-0.4, -0.2) is 30.1 Å². The fourth-order valence-electron chi connectivity index (χ4n) is 2.12. The maximum atomic E-state index is 12.2. The second kappa shape index (κ2) is 8.53. The first kappa shape index (κ1) is 17.3. The van der Waals surface area contributed by atoms with E-state index in [0.717, 1.165) is 5.56 Å². The Bertz CT molecular complexity index is 708. The minimum Gasteiger partial charge on any atom is -0.508 e. The lowest BCUT2D eigenvalue weighted by Gasteiger charge is -2.15. The molecular formula is C19H19NO4. The van der Waals surface area contributed by atoms with Crippen molar-refractivity contribution < 1.29 is 19.4 Å². The number of rotatable bonds is 6. The van der Waals surface area contributed by atoms with Crippen molar-refractivity contribution in [3.63, 3.8) is 0 Å². The lowest BCUT2D eigenvalue weighted by atomic mass is 10.1. The molecule has 2 rings (SSSR count). The Kier molecular flexibility index (Phi) is 6.14. The van der Waals surface area contributed by atoms with Crippen molar-refractivity contribution in [1.82, 2.24) is 5.32 Å². The Morgan fingerprint density at radius 2 is 1.79 bits per heavy atom. The molecule has 1 atom stereocenters. The molecule has 0 aliphatic carbocycles. The molecule has 124 valence electrons. The van der Waals surface area contributed by atoms with E-state index in [1.165, 1.54) is 31.4 Å². The van der Waals surface area contributed by atoms with Gasteiger partial charge in [-0.1, -0.05) is 42.5 Å². The molecule has 2 aromatic rings. The van der Waals surface area contributed by atoms with Crippen molar-refractivity contribution in [1.29, 1.82) is 0 Å². The van der Waals surface area contributed by atoms with Crippen molar-refractivity contribution in [3.8, 4) is 5.75 Å². The van der Waals surface area contributed by atoms with Crippen LogP contribution in [0.3, 0.4) is 0 Å². The number of phenols is 1. The summed E-state index contributed by atoms with van der Waals surface area (Å²) >= 11 is 0. The highest BCUT2D eigenvalue weighted by Crippen LogP contribution is 2.10. The first-order chi connectivity index (χ1) is 11.6. The fraction of sp³-hybridized carbons (Fsp3) is 0.158. The molecule has 0 bridgehead atoms. The van der Waals surface area contributed by atoms with E-state index in [4.69, 9.17) is 4.74 Å². The van der Waals surface area contributed by atoms with E-state index in [9.17, 15) is 14.7 Å². The van der Waals surface area contributed by atoms with Gasteiger partial charge >= 0.3 is 5.97 Å². The highest BCUT2D eigenvalue weighted by atomic mass is 16.5. The van der Waals surface area contributed by atoms with Crippen molar-refractivity contribution in [2.45, 2.75) is 12.5 Å². The zero-order valence-electron chi connectivity index (χ0n) is 13.3. The fourth-order valence-corrected chi connectivity index (χ4v) is 2.12. The van der Waals surface area contributed by atoms with Crippen molar-refractivity contribution in [2.75, 3.05) is 7.11 Å². The monoisotopic (exact) mass is 325 g/mol. The normalized spacial score (nSPS) is 11.9. The lowest BCUT2D eigenvalue weighted by molar-refractivity contribution is -0.142. The van der Waals surface area contributed by atoms with Gasteiger partial charge in [0.05, 0.1) is 7.11 Å². The van der Waals surface area contributed by atoms with Crippen LogP contribution in [0, 0.1) is 0 Å². The largest absolute Gasteiger partial charge is 0.508 e. The molecule has 0 spiro atoms. The summed E-state index contributed by atoms with van der Waals surface area (Å²) in [5.41, 5.74) is 1.36. The number of esters is 1. The molecule has 2 N–H and O–H groups in total. The summed E-state index contributed by atoms with van der Waals surface area (Å²) in [7, 11) is 1.28. The van der Waals surface area contributed by atoms with Crippen LogP contribution in [0.1, 0.15) is 22.3 Å². The van der Waals surface area contributed by atoms with Gasteiger partial charge in [0.25, 0.3) is 5.91 Å². The van der Waals surface area contributed by atoms with Gasteiger partial charge in [0.15, 0.2) is 0 Å². The number of aromatic hydroxyl groups is 1. The molecule has 0 saturated carbocycles. The van der Waals surface area contributed by atoms with Gasteiger partial charge in [0.2, 0.25) is 0 Å². The number of carbonyl (C=O) groups excluding carboxylic acids is 2. The van der Waals surface area contributed by atoms with E-state index in [0.29, 0.717) is 12.0 Å². The molecule has 0 radical (unpaired) electrons. The third kappa shape index (κ3) is 4.98. The van der Waals surface area contributed by atoms with Crippen LogP contribution in [-0.2, 0) is 9.53 Å². The first-order valence-corrected chi connectivity index (χ1v) is 7.49. The number of hydrogen-bond acceptors (Lipinski definition) is 4. The van der Waals surface area contributed by atoms with Crippen LogP contribution in [0.2, 0.25) is 0 Å². The number of ether oxygens (including phenoxy) is 1. The second-order valence-electron chi connectivity index (χ2n) is 5.14. The summed E-state index contributed by atoms with van der Waals surface area (Å²) in [5, 5.41) is 11.9. The molecule has 2 aromatic carbocycles. The predicted molar refractivity (Wildman–Crippen MR) is 91.5 cm³/mol. The number of carbonyl (C=O) groups is 2. The summed E-state index contributed by atoms with van der Waals surface area (Å²) in [5.74, 6) is -0.847. The summed E-state index contributed by atoms with van der Waals surface area (Å²) in [6.45, 7) is 0. The Balaban J connectivity index is 2.02. The topological polar surface area (TPSA) is 75.6 Å². The van der Waals surface area contributed by atoms with Gasteiger partial charge in [-0.3, -0.25) is 4.79 Å². The molecule has 5 heteroatoms. The Morgan fingerprint density at radius 3 is 2.42 bits per heavy atom. The van der Waals surface area contributed by atoms with Crippen LogP contribution in [0.25, 0.3) is 6.08 Å². The van der Waals surface area contributed by atoms with Crippen LogP contribution in [0.5, 0.6) is 5.75 Å². The number of methoxy groups -OCH3 is 1. The van der Waals surface area contributed by atoms with Crippen molar-refractivity contribution in [2.24, 2.45) is 0 Å². The van der Waals surface area contributed by atoms with E-state index in [1.807, 2.05) is 42.5 Å². The molecule has 24 heavy (non-hydrogen) atoms. The molecule has 0 fully saturated rings. The maximum absolute atomic E-state index is 12.2. The summed E-state index contributed by atoms with van der Waals surface area (Å²) in [6, 6.07) is 14.7. The molecule has 0 heterocycles. The summed E-state index contributed by atoms with van der Waals surface area (Å²) < 4.78 is 4.74. The smallest absolute Gasteiger partial charge is 0.328 e. The van der Waals surface area contributed by atoms with Gasteiger partial charge in [-0.2, -0.15) is 0 Å². The van der Waals surface area contributed by atoms with Crippen LogP contribution < -0.4 is 5.32 Å². The molecule has 5 nitrogen and oxygen atoms in total. The minimum atomic E-state index is -0.781. The van der Waals surface area contributed by atoms with Gasteiger partial charge in [-0.15, -0.1) is 0 Å². The number of nitrogens with one attached hydrogen (secondary N) is 1. The molecule has 0 unspecified atom stereocenters. The number of phenolic OH excluding ortho intramolecular Hbond substituents is 1. The average Bonchev–Trinajstić information content (AvgIpc) is 2.61. The van der Waals surface area contributed by atoms with E-state index >= 15 is 0 Å². The van der Waals surface area contributed by atoms with Crippen LogP contribution in [0.15, 0.2) is 60.7 Å². The Labute approximate surface area is 140 Å². The molecular weight excluding hydrogens is 306 g/mol. The standard InChI is InChI=1S/C19H19NO4/c1-24-19(23)17(9-5-8-14-6-3-2-4-7-14)20-18(22)15-10-12-16(21)13-11-15/h2-8,10-13,17,21H,9H2,1H3,(H,20,22)/b8-5+/t17-/m1/s1. The maximum Gasteiger partial charge on any atom is 0.328 e. The van der Waals surface area contributed by atoms with Crippen LogP contribution >= 0.6 is 0 Å². The zero-order valence-corrected chi connectivity index (χ0v) is 13.3. The molecule has 0 aromatic heterocycles. The predicted octanol–water partition coefficient (Wildman–Crippen LogP) is 2.77. The van der Waals surface area contributed by atoms with Gasteiger partial charge in [0, 0.05) is 5.56 Å². The SMILES string of the molecule is COC(=O)[C@@H](C/C=C/c1ccccc1)NC(=O)c1ccc(O)cc1. The van der Waals surface area contributed by atoms with Gasteiger partial charge < -0.3 is 15.2 Å². The van der Waals surface area contributed by atoms with Crippen LogP contribution in [0.4, 0.5) is 0 Å². The van der Waals surface area contributed by atoms with Gasteiger partial charge in [-0.25, -0.2) is 4.79 Å². The quantitative estimate of drug-likeness (QED) is 0.801. The number of amides is 1. The Hall–Kier alpha value is -3.08. The number of hydrogen-bond donors (Lipinski definition) is 2. The molecule has 0 aliphatic heterocycles. The van der Waals surface area contributed by atoms with E-state index in [-0.39, 0.29) is 5.75 Å². The van der Waals surface area contributed by atoms with Crippen molar-refractivity contribution >= 4 is 18.0 Å². The highest BCUT2D eigenvalue weighted by Gasteiger charge is 2.20. The number of benzene rings is 2. The highest BCUT2D eigenvalue weighted by molar-refractivity contribution is 5.96. The average molecular weight is 325 g/mol. The second-order valence-corrected chi connectivity index (χ2v) is 5.14. The van der Waals surface area contributed by atoms with Gasteiger partial charge in [0.1, 0.15) is 11.8 Å². The molecule has 1 amide bonds. The molecule has 0 saturated heterocycles. The first-order valence-electron chi connectivity index (χ1n) is 7.49. The summed E-state index contributed by atoms with van der Waals surface area (Å²) in [6.07, 6.45) is 4.00. The summed E-state index contributed by atoms with van der Waals surface area (Å²) in [4.78, 5) is 24.1. The third-order valence-electron chi connectivity index (χ3n) is 3.40. The van der Waals surface area contributed by atoms with E-state index in [1.54, 1.807) is 0 Å². The van der Waals surface area contributed by atoms with E-state index in [2.05, 4.69) is 5.32 Å². The van der Waals surface area contributed by atoms with Crippen molar-refractivity contribution in [3.05, 3.63) is 71.8 Å². The minimum absolute atomic E-state index is 0.0712. The van der Waals surface area contributed by atoms with Gasteiger partial charge in [-0.05, 0) is 36.2 Å². The molecule has 0 aliphatic rings. The zero-order chi connectivity index (χ0) is 17.4.